The summed E-state index contributed by atoms with van der Waals surface area (Å²) in [5, 5.41) is 3.14. The number of fused-ring (bicyclic) bond motifs is 1. The number of H-pyrrole nitrogens is 1. The SMILES string of the molecule is CCCCCCCNC(=O)C1CCN(c2cc[c-]c(-c3nc4ccc(OC)cc4[nH]3)c2)C1.[U]. The monoisotopic (exact) mass is 671 g/mol. The van der Waals surface area contributed by atoms with Gasteiger partial charge in [-0.1, -0.05) is 32.6 Å². The van der Waals surface area contributed by atoms with Gasteiger partial charge in [-0.05, 0) is 30.7 Å². The number of aromatic amines is 1. The van der Waals surface area contributed by atoms with Crippen LogP contribution in [0.25, 0.3) is 22.4 Å². The largest absolute Gasteiger partial charge is 0.497 e. The molecule has 7 heteroatoms. The molecule has 2 heterocycles. The maximum Gasteiger partial charge on any atom is 0.224 e. The summed E-state index contributed by atoms with van der Waals surface area (Å²) in [6, 6.07) is 15.2. The van der Waals surface area contributed by atoms with Crippen LogP contribution in [0.3, 0.4) is 0 Å². The standard InChI is InChI=1S/C26H33N4O2.U/c1-3-4-5-6-7-14-27-26(31)20-13-15-30(18-20)21-10-8-9-19(16-21)25-28-23-12-11-22(32-2)17-24(23)29-25;/h8,10-12,16-17,20H,3-7,13-15,18H2,1-2H3,(H,27,31)(H,28,29);/q-1;. The van der Waals surface area contributed by atoms with E-state index in [-0.39, 0.29) is 42.9 Å². The molecule has 4 rings (SSSR count). The van der Waals surface area contributed by atoms with Crippen LogP contribution >= 0.6 is 0 Å². The molecule has 174 valence electrons. The third-order valence-corrected chi connectivity index (χ3v) is 6.23. The second-order valence-corrected chi connectivity index (χ2v) is 8.57. The molecule has 3 aromatic rings. The van der Waals surface area contributed by atoms with E-state index in [0.717, 1.165) is 66.3 Å². The van der Waals surface area contributed by atoms with Gasteiger partial charge in [-0.25, -0.2) is 0 Å². The van der Waals surface area contributed by atoms with Crippen molar-refractivity contribution >= 4 is 22.6 Å². The van der Waals surface area contributed by atoms with E-state index in [1.54, 1.807) is 7.11 Å². The predicted octanol–water partition coefficient (Wildman–Crippen LogP) is 4.95. The van der Waals surface area contributed by atoms with E-state index < -0.39 is 0 Å². The van der Waals surface area contributed by atoms with E-state index in [2.05, 4.69) is 40.3 Å². The molecule has 1 amide bonds. The molecule has 1 aliphatic heterocycles. The van der Waals surface area contributed by atoms with Crippen LogP contribution in [0.2, 0.25) is 0 Å². The number of unbranched alkanes of at least 4 members (excludes halogenated alkanes) is 4. The second kappa shape index (κ2) is 12.5. The molecule has 1 aliphatic rings. The van der Waals surface area contributed by atoms with Crippen molar-refractivity contribution in [3.05, 3.63) is 42.5 Å². The summed E-state index contributed by atoms with van der Waals surface area (Å²) in [4.78, 5) is 22.9. The zero-order chi connectivity index (χ0) is 22.3. The number of anilines is 1. The van der Waals surface area contributed by atoms with Crippen LogP contribution in [-0.2, 0) is 4.79 Å². The summed E-state index contributed by atoms with van der Waals surface area (Å²) in [5.41, 5.74) is 3.85. The fourth-order valence-corrected chi connectivity index (χ4v) is 4.32. The number of ether oxygens (including phenoxy) is 1. The van der Waals surface area contributed by atoms with E-state index >= 15 is 0 Å². The van der Waals surface area contributed by atoms with Crippen LogP contribution in [0.5, 0.6) is 5.75 Å². The number of nitrogens with one attached hydrogen (secondary N) is 2. The third-order valence-electron chi connectivity index (χ3n) is 6.23. The van der Waals surface area contributed by atoms with Crippen molar-refractivity contribution in [2.24, 2.45) is 5.92 Å². The Balaban J connectivity index is 0.00000306. The number of benzene rings is 2. The molecule has 6 nitrogen and oxygen atoms in total. The second-order valence-electron chi connectivity index (χ2n) is 8.57. The van der Waals surface area contributed by atoms with E-state index in [1.165, 1.54) is 25.7 Å². The minimum absolute atomic E-state index is 0. The number of nitrogens with zero attached hydrogens (tertiary/aromatic N) is 2. The Kier molecular flexibility index (Phi) is 9.70. The minimum atomic E-state index is 0. The summed E-state index contributed by atoms with van der Waals surface area (Å²) >= 11 is 0. The molecule has 2 N–H and O–H groups in total. The van der Waals surface area contributed by atoms with Gasteiger partial charge >= 0.3 is 0 Å². The zero-order valence-corrected chi connectivity index (χ0v) is 23.8. The fraction of sp³-hybridized carbons (Fsp3) is 0.462. The van der Waals surface area contributed by atoms with Gasteiger partial charge in [0.05, 0.1) is 29.9 Å². The van der Waals surface area contributed by atoms with Crippen LogP contribution in [-0.4, -0.2) is 42.6 Å². The molecule has 1 fully saturated rings. The van der Waals surface area contributed by atoms with Crippen molar-refractivity contribution in [1.82, 2.24) is 15.3 Å². The number of hydrogen-bond donors (Lipinski definition) is 2. The summed E-state index contributed by atoms with van der Waals surface area (Å²) in [5.74, 6) is 1.83. The average Bonchev–Trinajstić information content (AvgIpc) is 3.48. The van der Waals surface area contributed by atoms with Crippen LogP contribution in [0.15, 0.2) is 36.4 Å². The van der Waals surface area contributed by atoms with Crippen LogP contribution in [0, 0.1) is 43.1 Å². The van der Waals surface area contributed by atoms with Crippen LogP contribution < -0.4 is 15.0 Å². The average molecular weight is 672 g/mol. The van der Waals surface area contributed by atoms with Gasteiger partial charge < -0.3 is 19.9 Å². The van der Waals surface area contributed by atoms with E-state index in [4.69, 9.17) is 9.72 Å². The minimum Gasteiger partial charge on any atom is -0.497 e. The molecule has 0 aliphatic carbocycles. The topological polar surface area (TPSA) is 70.2 Å². The van der Waals surface area contributed by atoms with Gasteiger partial charge in [0.25, 0.3) is 0 Å². The maximum absolute atomic E-state index is 12.6. The Morgan fingerprint density at radius 3 is 2.91 bits per heavy atom. The number of methoxy groups -OCH3 is 1. The molecular formula is C26H33N4O2U-. The van der Waals surface area contributed by atoms with Crippen LogP contribution in [0.1, 0.15) is 45.4 Å². The molecule has 1 saturated heterocycles. The van der Waals surface area contributed by atoms with Gasteiger partial charge in [0.2, 0.25) is 5.91 Å². The zero-order valence-electron chi connectivity index (χ0n) is 19.6. The smallest absolute Gasteiger partial charge is 0.224 e. The van der Waals surface area contributed by atoms with Crippen molar-refractivity contribution < 1.29 is 40.6 Å². The van der Waals surface area contributed by atoms with Crippen molar-refractivity contribution in [3.63, 3.8) is 0 Å². The third kappa shape index (κ3) is 6.55. The number of imidazole rings is 1. The molecule has 0 radical (unpaired) electrons. The summed E-state index contributed by atoms with van der Waals surface area (Å²) in [6.45, 7) is 4.65. The van der Waals surface area contributed by atoms with Gasteiger partial charge in [-0.3, -0.25) is 9.78 Å². The van der Waals surface area contributed by atoms with E-state index in [0.29, 0.717) is 0 Å². The van der Waals surface area contributed by atoms with Gasteiger partial charge in [0.15, 0.2) is 0 Å². The van der Waals surface area contributed by atoms with Crippen molar-refractivity contribution in [2.75, 3.05) is 31.6 Å². The number of carbonyl (C=O) groups excluding carboxylic acids is 1. The first-order valence-corrected chi connectivity index (χ1v) is 11.8. The normalized spacial score (nSPS) is 15.5. The molecule has 1 aromatic heterocycles. The Hall–Kier alpha value is -1.97. The van der Waals surface area contributed by atoms with Gasteiger partial charge in [-0.2, -0.15) is 0 Å². The Morgan fingerprint density at radius 2 is 2.09 bits per heavy atom. The molecule has 1 atom stereocenters. The number of hydrogen-bond acceptors (Lipinski definition) is 4. The predicted molar refractivity (Wildman–Crippen MR) is 129 cm³/mol. The van der Waals surface area contributed by atoms with Crippen molar-refractivity contribution in [3.8, 4) is 17.1 Å². The quantitative estimate of drug-likeness (QED) is 0.237. The molecule has 2 aromatic carbocycles. The molecule has 0 spiro atoms. The fourth-order valence-electron chi connectivity index (χ4n) is 4.32. The van der Waals surface area contributed by atoms with Gasteiger partial charge in [0.1, 0.15) is 5.75 Å². The summed E-state index contributed by atoms with van der Waals surface area (Å²) < 4.78 is 5.30. The first-order valence-electron chi connectivity index (χ1n) is 11.8. The van der Waals surface area contributed by atoms with Crippen LogP contribution in [0.4, 0.5) is 5.69 Å². The van der Waals surface area contributed by atoms with Crippen molar-refractivity contribution in [1.29, 1.82) is 0 Å². The first-order chi connectivity index (χ1) is 15.7. The van der Waals surface area contributed by atoms with E-state index in [1.807, 2.05) is 24.3 Å². The number of carbonyl (C=O) groups is 1. The molecule has 1 unspecified atom stereocenters. The molecule has 33 heavy (non-hydrogen) atoms. The van der Waals surface area contributed by atoms with Gasteiger partial charge in [0, 0.05) is 56.8 Å². The van der Waals surface area contributed by atoms with Gasteiger partial charge in [-0.15, -0.1) is 29.8 Å². The Morgan fingerprint density at radius 1 is 1.24 bits per heavy atom. The summed E-state index contributed by atoms with van der Waals surface area (Å²) in [7, 11) is 1.66. The Bertz CT molecular complexity index is 1050. The van der Waals surface area contributed by atoms with E-state index in [9.17, 15) is 4.79 Å². The Labute approximate surface area is 220 Å². The number of amides is 1. The molecule has 0 bridgehead atoms. The maximum atomic E-state index is 12.6. The number of rotatable bonds is 10. The number of aromatic nitrogens is 2. The molecular weight excluding hydrogens is 638 g/mol. The molecule has 0 saturated carbocycles. The van der Waals surface area contributed by atoms with Crippen molar-refractivity contribution in [2.45, 2.75) is 45.4 Å². The first kappa shape index (κ1) is 25.7. The summed E-state index contributed by atoms with van der Waals surface area (Å²) in [6.07, 6.45) is 6.94.